The molecular formula is C9H16N2O2. The highest BCUT2D eigenvalue weighted by Gasteiger charge is 2.48. The topological polar surface area (TPSA) is 66.6 Å². The molecule has 13 heavy (non-hydrogen) atoms. The largest absolute Gasteiger partial charge is 0.480 e. The summed E-state index contributed by atoms with van der Waals surface area (Å²) in [5.41, 5.74) is 4.97. The van der Waals surface area contributed by atoms with Crippen LogP contribution in [-0.2, 0) is 4.79 Å². The highest BCUT2D eigenvalue weighted by molar-refractivity contribution is 5.79. The molecule has 0 bridgehead atoms. The lowest BCUT2D eigenvalue weighted by atomic mass is 9.82. The summed E-state index contributed by atoms with van der Waals surface area (Å²) < 4.78 is 0. The Bertz CT molecular complexity index is 232. The summed E-state index contributed by atoms with van der Waals surface area (Å²) in [5.74, 6) is -0.830. The second-order valence-electron chi connectivity index (χ2n) is 4.14. The number of piperidine rings is 1. The lowest BCUT2D eigenvalue weighted by Gasteiger charge is -2.41. The minimum absolute atomic E-state index is 0.0822. The van der Waals surface area contributed by atoms with Crippen LogP contribution >= 0.6 is 0 Å². The van der Waals surface area contributed by atoms with Crippen molar-refractivity contribution in [2.24, 2.45) is 5.73 Å². The van der Waals surface area contributed by atoms with Gasteiger partial charge in [0.15, 0.2) is 0 Å². The Hall–Kier alpha value is -0.610. The van der Waals surface area contributed by atoms with Gasteiger partial charge in [0, 0.05) is 6.04 Å². The average molecular weight is 184 g/mol. The third-order valence-corrected chi connectivity index (χ3v) is 3.39. The van der Waals surface area contributed by atoms with Gasteiger partial charge in [-0.05, 0) is 38.8 Å². The molecule has 0 amide bonds. The number of nitrogens with zero attached hydrogens (tertiary/aromatic N) is 1. The maximum atomic E-state index is 11.1. The molecule has 2 aliphatic heterocycles. The van der Waals surface area contributed by atoms with E-state index in [4.69, 9.17) is 10.8 Å². The molecule has 0 aliphatic carbocycles. The molecule has 2 aliphatic rings. The first-order chi connectivity index (χ1) is 6.14. The zero-order valence-corrected chi connectivity index (χ0v) is 7.70. The van der Waals surface area contributed by atoms with E-state index in [1.54, 1.807) is 0 Å². The van der Waals surface area contributed by atoms with E-state index in [-0.39, 0.29) is 6.04 Å². The van der Waals surface area contributed by atoms with Crippen LogP contribution in [0.5, 0.6) is 0 Å². The van der Waals surface area contributed by atoms with Crippen molar-refractivity contribution in [1.82, 2.24) is 4.90 Å². The van der Waals surface area contributed by atoms with E-state index in [0.29, 0.717) is 6.42 Å². The average Bonchev–Trinajstić information content (AvgIpc) is 2.53. The second-order valence-corrected chi connectivity index (χ2v) is 4.14. The van der Waals surface area contributed by atoms with Crippen LogP contribution in [0.15, 0.2) is 0 Å². The molecule has 2 rings (SSSR count). The Balaban J connectivity index is 2.22. The summed E-state index contributed by atoms with van der Waals surface area (Å²) in [6, 6.07) is 0.0822. The summed E-state index contributed by atoms with van der Waals surface area (Å²) in [6.07, 6.45) is 3.59. The third-order valence-electron chi connectivity index (χ3n) is 3.39. The van der Waals surface area contributed by atoms with Crippen molar-refractivity contribution < 1.29 is 9.90 Å². The van der Waals surface area contributed by atoms with Crippen LogP contribution in [0.25, 0.3) is 0 Å². The fourth-order valence-electron chi connectivity index (χ4n) is 2.67. The van der Waals surface area contributed by atoms with E-state index in [0.717, 1.165) is 32.4 Å². The molecule has 2 atom stereocenters. The van der Waals surface area contributed by atoms with Crippen molar-refractivity contribution in [3.63, 3.8) is 0 Å². The van der Waals surface area contributed by atoms with E-state index in [9.17, 15) is 4.79 Å². The van der Waals surface area contributed by atoms with Crippen LogP contribution in [0, 0.1) is 0 Å². The molecule has 4 heteroatoms. The zero-order chi connectivity index (χ0) is 9.47. The molecule has 0 aromatic heterocycles. The molecule has 0 aromatic rings. The lowest BCUT2D eigenvalue weighted by molar-refractivity contribution is -0.147. The standard InChI is InChI=1S/C9H16N2O2/c10-9(8(12)13)4-2-6-11-5-1-3-7(9)11/h7H,1-6,10H2,(H,12,13). The van der Waals surface area contributed by atoms with E-state index < -0.39 is 11.5 Å². The predicted octanol–water partition coefficient (Wildman–Crippen LogP) is 0.0267. The molecule has 0 spiro atoms. The first kappa shape index (κ1) is 8.97. The molecule has 3 N–H and O–H groups in total. The summed E-state index contributed by atoms with van der Waals surface area (Å²) in [7, 11) is 0. The van der Waals surface area contributed by atoms with Crippen molar-refractivity contribution in [2.75, 3.05) is 13.1 Å². The van der Waals surface area contributed by atoms with Crippen LogP contribution in [0.4, 0.5) is 0 Å². The Morgan fingerprint density at radius 1 is 1.46 bits per heavy atom. The van der Waals surface area contributed by atoms with Gasteiger partial charge in [-0.3, -0.25) is 9.69 Å². The summed E-state index contributed by atoms with van der Waals surface area (Å²) in [4.78, 5) is 13.3. The van der Waals surface area contributed by atoms with Gasteiger partial charge in [0.2, 0.25) is 0 Å². The van der Waals surface area contributed by atoms with E-state index in [1.165, 1.54) is 0 Å². The van der Waals surface area contributed by atoms with Crippen LogP contribution in [0.2, 0.25) is 0 Å². The van der Waals surface area contributed by atoms with Crippen LogP contribution in [-0.4, -0.2) is 40.6 Å². The maximum Gasteiger partial charge on any atom is 0.325 e. The smallest absolute Gasteiger partial charge is 0.325 e. The Kier molecular flexibility index (Phi) is 2.04. The number of rotatable bonds is 1. The molecule has 0 saturated carbocycles. The van der Waals surface area contributed by atoms with Crippen molar-refractivity contribution in [2.45, 2.75) is 37.3 Å². The molecule has 2 unspecified atom stereocenters. The SMILES string of the molecule is NC1(C(=O)O)CCCN2CCCC21. The normalized spacial score (nSPS) is 40.2. The fraction of sp³-hybridized carbons (Fsp3) is 0.889. The lowest BCUT2D eigenvalue weighted by Crippen LogP contribution is -2.64. The molecule has 0 aromatic carbocycles. The van der Waals surface area contributed by atoms with Crippen LogP contribution in [0.3, 0.4) is 0 Å². The maximum absolute atomic E-state index is 11.1. The highest BCUT2D eigenvalue weighted by Crippen LogP contribution is 2.33. The quantitative estimate of drug-likeness (QED) is 0.603. The van der Waals surface area contributed by atoms with Crippen LogP contribution < -0.4 is 5.73 Å². The van der Waals surface area contributed by atoms with Gasteiger partial charge in [0.25, 0.3) is 0 Å². The molecule has 2 saturated heterocycles. The second kappa shape index (κ2) is 2.96. The monoisotopic (exact) mass is 184 g/mol. The minimum atomic E-state index is -0.977. The third kappa shape index (κ3) is 1.25. The van der Waals surface area contributed by atoms with Crippen molar-refractivity contribution >= 4 is 5.97 Å². The van der Waals surface area contributed by atoms with Gasteiger partial charge >= 0.3 is 5.97 Å². The number of hydrogen-bond donors (Lipinski definition) is 2. The number of carboxylic acid groups (broad SMARTS) is 1. The Morgan fingerprint density at radius 2 is 2.15 bits per heavy atom. The molecule has 2 heterocycles. The van der Waals surface area contributed by atoms with Gasteiger partial charge in [-0.1, -0.05) is 0 Å². The fourth-order valence-corrected chi connectivity index (χ4v) is 2.67. The first-order valence-corrected chi connectivity index (χ1v) is 4.91. The Labute approximate surface area is 77.7 Å². The summed E-state index contributed by atoms with van der Waals surface area (Å²) in [5, 5.41) is 9.09. The number of hydrogen-bond acceptors (Lipinski definition) is 3. The van der Waals surface area contributed by atoms with Crippen molar-refractivity contribution in [1.29, 1.82) is 0 Å². The van der Waals surface area contributed by atoms with Crippen molar-refractivity contribution in [3.05, 3.63) is 0 Å². The van der Waals surface area contributed by atoms with E-state index >= 15 is 0 Å². The van der Waals surface area contributed by atoms with Gasteiger partial charge in [-0.2, -0.15) is 0 Å². The number of aliphatic carboxylic acids is 1. The summed E-state index contributed by atoms with van der Waals surface area (Å²) >= 11 is 0. The summed E-state index contributed by atoms with van der Waals surface area (Å²) in [6.45, 7) is 2.05. The van der Waals surface area contributed by atoms with Gasteiger partial charge in [-0.25, -0.2) is 0 Å². The number of carbonyl (C=O) groups is 1. The van der Waals surface area contributed by atoms with Gasteiger partial charge < -0.3 is 10.8 Å². The van der Waals surface area contributed by atoms with Crippen LogP contribution in [0.1, 0.15) is 25.7 Å². The van der Waals surface area contributed by atoms with E-state index in [2.05, 4.69) is 4.90 Å². The van der Waals surface area contributed by atoms with Crippen molar-refractivity contribution in [3.8, 4) is 0 Å². The van der Waals surface area contributed by atoms with Gasteiger partial charge in [0.05, 0.1) is 0 Å². The van der Waals surface area contributed by atoms with Gasteiger partial charge in [-0.15, -0.1) is 0 Å². The minimum Gasteiger partial charge on any atom is -0.480 e. The molecule has 2 fully saturated rings. The van der Waals surface area contributed by atoms with E-state index in [1.807, 2.05) is 0 Å². The predicted molar refractivity (Wildman–Crippen MR) is 48.4 cm³/mol. The van der Waals surface area contributed by atoms with Gasteiger partial charge in [0.1, 0.15) is 5.54 Å². The molecular weight excluding hydrogens is 168 g/mol. The Morgan fingerprint density at radius 3 is 2.85 bits per heavy atom. The number of fused-ring (bicyclic) bond motifs is 1. The highest BCUT2D eigenvalue weighted by atomic mass is 16.4. The zero-order valence-electron chi connectivity index (χ0n) is 7.70. The first-order valence-electron chi connectivity index (χ1n) is 4.91. The molecule has 0 radical (unpaired) electrons. The number of carboxylic acids is 1. The molecule has 4 nitrogen and oxygen atoms in total. The molecule has 74 valence electrons. The number of nitrogens with two attached hydrogens (primary N) is 1.